The van der Waals surface area contributed by atoms with Gasteiger partial charge in [0, 0.05) is 18.2 Å². The van der Waals surface area contributed by atoms with Crippen LogP contribution in [0, 0.1) is 5.82 Å². The summed E-state index contributed by atoms with van der Waals surface area (Å²) in [6, 6.07) is 11.1. The van der Waals surface area contributed by atoms with E-state index in [-0.39, 0.29) is 0 Å². The molecule has 0 saturated heterocycles. The maximum atomic E-state index is 13.8. The van der Waals surface area contributed by atoms with Gasteiger partial charge in [0.2, 0.25) is 0 Å². The minimum Gasteiger partial charge on any atom is -0.385 e. The fraction of sp³-hybridized carbons (Fsp3) is 0.267. The minimum atomic E-state index is -1.19. The Morgan fingerprint density at radius 2 is 1.94 bits per heavy atom. The van der Waals surface area contributed by atoms with Crippen LogP contribution in [-0.2, 0) is 12.0 Å². The Labute approximate surface area is 106 Å². The molecule has 1 aromatic heterocycles. The average molecular weight is 245 g/mol. The van der Waals surface area contributed by atoms with Gasteiger partial charge >= 0.3 is 0 Å². The van der Waals surface area contributed by atoms with Crippen LogP contribution >= 0.6 is 0 Å². The second-order valence-electron chi connectivity index (χ2n) is 4.40. The van der Waals surface area contributed by atoms with Crippen molar-refractivity contribution in [3.05, 3.63) is 65.7 Å². The van der Waals surface area contributed by atoms with Crippen LogP contribution in [0.15, 0.2) is 48.8 Å². The first-order valence-electron chi connectivity index (χ1n) is 6.02. The fourth-order valence-corrected chi connectivity index (χ4v) is 2.10. The van der Waals surface area contributed by atoms with Gasteiger partial charge in [-0.05, 0) is 18.1 Å². The summed E-state index contributed by atoms with van der Waals surface area (Å²) in [6.45, 7) is 1.85. The van der Waals surface area contributed by atoms with E-state index in [2.05, 4.69) is 4.98 Å². The van der Waals surface area contributed by atoms with Gasteiger partial charge in [-0.1, -0.05) is 37.3 Å². The van der Waals surface area contributed by atoms with Gasteiger partial charge in [0.15, 0.2) is 0 Å². The molecule has 0 radical (unpaired) electrons. The summed E-state index contributed by atoms with van der Waals surface area (Å²) in [5, 5.41) is 10.7. The smallest absolute Gasteiger partial charge is 0.147 e. The normalized spacial score (nSPS) is 14.2. The van der Waals surface area contributed by atoms with Crippen LogP contribution in [0.25, 0.3) is 0 Å². The van der Waals surface area contributed by atoms with Crippen molar-refractivity contribution in [1.29, 1.82) is 0 Å². The SMILES string of the molecule is CCC(O)(Cc1ccccc1)c1ccncc1F. The van der Waals surface area contributed by atoms with E-state index in [4.69, 9.17) is 0 Å². The fourth-order valence-electron chi connectivity index (χ4n) is 2.10. The van der Waals surface area contributed by atoms with Gasteiger partial charge in [-0.15, -0.1) is 0 Å². The van der Waals surface area contributed by atoms with Crippen LogP contribution in [0.5, 0.6) is 0 Å². The third-order valence-electron chi connectivity index (χ3n) is 3.20. The molecule has 1 aromatic carbocycles. The Morgan fingerprint density at radius 3 is 2.56 bits per heavy atom. The third-order valence-corrected chi connectivity index (χ3v) is 3.20. The zero-order valence-corrected chi connectivity index (χ0v) is 10.3. The molecule has 0 aliphatic rings. The van der Waals surface area contributed by atoms with Crippen LogP contribution < -0.4 is 0 Å². The highest BCUT2D eigenvalue weighted by molar-refractivity contribution is 5.26. The third kappa shape index (κ3) is 2.57. The Morgan fingerprint density at radius 1 is 1.22 bits per heavy atom. The van der Waals surface area contributed by atoms with E-state index in [1.165, 1.54) is 6.20 Å². The molecule has 0 fully saturated rings. The molecular formula is C15H16FNO. The molecule has 0 aliphatic carbocycles. The number of aliphatic hydroxyl groups is 1. The second kappa shape index (κ2) is 5.27. The standard InChI is InChI=1S/C15H16FNO/c1-2-15(18,10-12-6-4-3-5-7-12)13-8-9-17-11-14(13)16/h3-9,11,18H,2,10H2,1H3. The van der Waals surface area contributed by atoms with Crippen molar-refractivity contribution in [2.24, 2.45) is 0 Å². The first-order valence-corrected chi connectivity index (χ1v) is 6.02. The summed E-state index contributed by atoms with van der Waals surface area (Å²) < 4.78 is 13.8. The molecule has 0 spiro atoms. The predicted octanol–water partition coefficient (Wildman–Crippen LogP) is 3.06. The van der Waals surface area contributed by atoms with E-state index < -0.39 is 11.4 Å². The second-order valence-corrected chi connectivity index (χ2v) is 4.40. The van der Waals surface area contributed by atoms with Gasteiger partial charge < -0.3 is 5.11 Å². The molecule has 0 bridgehead atoms. The van der Waals surface area contributed by atoms with Gasteiger partial charge in [-0.2, -0.15) is 0 Å². The quantitative estimate of drug-likeness (QED) is 0.898. The molecule has 2 nitrogen and oxygen atoms in total. The molecule has 1 unspecified atom stereocenters. The maximum absolute atomic E-state index is 13.8. The number of hydrogen-bond donors (Lipinski definition) is 1. The lowest BCUT2D eigenvalue weighted by molar-refractivity contribution is 0.0290. The number of halogens is 1. The minimum absolute atomic E-state index is 0.309. The molecule has 2 aromatic rings. The first kappa shape index (κ1) is 12.7. The monoisotopic (exact) mass is 245 g/mol. The van der Waals surface area contributed by atoms with Crippen LogP contribution in [0.1, 0.15) is 24.5 Å². The summed E-state index contributed by atoms with van der Waals surface area (Å²) in [7, 11) is 0. The lowest BCUT2D eigenvalue weighted by Crippen LogP contribution is -2.29. The van der Waals surface area contributed by atoms with Crippen molar-refractivity contribution < 1.29 is 9.50 Å². The molecule has 1 heterocycles. The highest BCUT2D eigenvalue weighted by atomic mass is 19.1. The first-order chi connectivity index (χ1) is 8.65. The Kier molecular flexibility index (Phi) is 3.72. The number of aromatic nitrogens is 1. The van der Waals surface area contributed by atoms with Crippen molar-refractivity contribution in [3.63, 3.8) is 0 Å². The molecule has 0 aliphatic heterocycles. The van der Waals surface area contributed by atoms with Gasteiger partial charge in [0.25, 0.3) is 0 Å². The zero-order chi connectivity index (χ0) is 13.0. The summed E-state index contributed by atoms with van der Waals surface area (Å²) in [5.41, 5.74) is 0.107. The van der Waals surface area contributed by atoms with Crippen LogP contribution in [0.3, 0.4) is 0 Å². The Balaban J connectivity index is 2.34. The highest BCUT2D eigenvalue weighted by Gasteiger charge is 2.30. The predicted molar refractivity (Wildman–Crippen MR) is 68.5 cm³/mol. The largest absolute Gasteiger partial charge is 0.385 e. The van der Waals surface area contributed by atoms with Gasteiger partial charge in [-0.3, -0.25) is 4.98 Å². The number of pyridine rings is 1. The number of benzene rings is 1. The lowest BCUT2D eigenvalue weighted by Gasteiger charge is -2.27. The van der Waals surface area contributed by atoms with Gasteiger partial charge in [0.1, 0.15) is 5.82 Å². The molecule has 18 heavy (non-hydrogen) atoms. The highest BCUT2D eigenvalue weighted by Crippen LogP contribution is 2.30. The zero-order valence-electron chi connectivity index (χ0n) is 10.3. The van der Waals surface area contributed by atoms with E-state index >= 15 is 0 Å². The molecule has 94 valence electrons. The lowest BCUT2D eigenvalue weighted by atomic mass is 9.85. The molecule has 0 amide bonds. The van der Waals surface area contributed by atoms with Crippen molar-refractivity contribution in [2.45, 2.75) is 25.4 Å². The van der Waals surface area contributed by atoms with Crippen molar-refractivity contribution in [3.8, 4) is 0 Å². The van der Waals surface area contributed by atoms with Crippen LogP contribution in [-0.4, -0.2) is 10.1 Å². The van der Waals surface area contributed by atoms with E-state index in [0.717, 1.165) is 11.8 Å². The van der Waals surface area contributed by atoms with E-state index in [1.54, 1.807) is 6.07 Å². The molecule has 3 heteroatoms. The number of hydrogen-bond acceptors (Lipinski definition) is 2. The van der Waals surface area contributed by atoms with Crippen molar-refractivity contribution in [1.82, 2.24) is 4.98 Å². The Hall–Kier alpha value is -1.74. The van der Waals surface area contributed by atoms with Gasteiger partial charge in [-0.25, -0.2) is 4.39 Å². The van der Waals surface area contributed by atoms with Crippen molar-refractivity contribution in [2.75, 3.05) is 0 Å². The molecule has 2 rings (SSSR count). The van der Waals surface area contributed by atoms with Crippen molar-refractivity contribution >= 4 is 0 Å². The summed E-state index contributed by atoms with van der Waals surface area (Å²) in [5.74, 6) is -0.460. The summed E-state index contributed by atoms with van der Waals surface area (Å²) >= 11 is 0. The number of nitrogens with zero attached hydrogens (tertiary/aromatic N) is 1. The molecular weight excluding hydrogens is 229 g/mol. The number of rotatable bonds is 4. The maximum Gasteiger partial charge on any atom is 0.147 e. The van der Waals surface area contributed by atoms with Crippen LogP contribution in [0.2, 0.25) is 0 Å². The van der Waals surface area contributed by atoms with E-state index in [9.17, 15) is 9.50 Å². The van der Waals surface area contributed by atoms with E-state index in [0.29, 0.717) is 18.4 Å². The van der Waals surface area contributed by atoms with Crippen LogP contribution in [0.4, 0.5) is 4.39 Å². The Bertz CT molecular complexity index is 515. The van der Waals surface area contributed by atoms with Gasteiger partial charge in [0.05, 0.1) is 11.8 Å². The average Bonchev–Trinajstić information content (AvgIpc) is 2.40. The topological polar surface area (TPSA) is 33.1 Å². The summed E-state index contributed by atoms with van der Waals surface area (Å²) in [6.07, 6.45) is 3.49. The summed E-state index contributed by atoms with van der Waals surface area (Å²) in [4.78, 5) is 3.71. The van der Waals surface area contributed by atoms with E-state index in [1.807, 2.05) is 37.3 Å². The molecule has 1 N–H and O–H groups in total. The molecule has 0 saturated carbocycles. The molecule has 1 atom stereocenters.